The quantitative estimate of drug-likeness (QED) is 0.288. The SMILES string of the molecule is Cc1c(Cl)cccc1N(CCCC(=O)N(Cc1ccccc1)[C@@H](Cc1ccccc1)C(=O)NC(C)(C)C)S(C)(=O)=O. The molecule has 3 rings (SSSR count). The number of benzene rings is 3. The topological polar surface area (TPSA) is 86.8 Å². The first kappa shape index (κ1) is 32.2. The first-order chi connectivity index (χ1) is 19.3. The van der Waals surface area contributed by atoms with Gasteiger partial charge in [-0.2, -0.15) is 0 Å². The van der Waals surface area contributed by atoms with Gasteiger partial charge in [0.05, 0.1) is 11.9 Å². The van der Waals surface area contributed by atoms with E-state index in [1.165, 1.54) is 4.31 Å². The fourth-order valence-electron chi connectivity index (χ4n) is 4.64. The number of halogens is 1. The van der Waals surface area contributed by atoms with Gasteiger partial charge in [-0.25, -0.2) is 8.42 Å². The summed E-state index contributed by atoms with van der Waals surface area (Å²) in [5, 5.41) is 3.52. The summed E-state index contributed by atoms with van der Waals surface area (Å²) in [6.07, 6.45) is 1.82. The van der Waals surface area contributed by atoms with E-state index in [0.29, 0.717) is 22.7 Å². The molecule has 2 amide bonds. The monoisotopic (exact) mass is 597 g/mol. The second-order valence-corrected chi connectivity index (χ2v) is 13.6. The summed E-state index contributed by atoms with van der Waals surface area (Å²) in [7, 11) is -3.63. The predicted molar refractivity (Wildman–Crippen MR) is 166 cm³/mol. The van der Waals surface area contributed by atoms with Crippen molar-refractivity contribution >= 4 is 39.1 Å². The van der Waals surface area contributed by atoms with Crippen LogP contribution < -0.4 is 9.62 Å². The van der Waals surface area contributed by atoms with E-state index >= 15 is 0 Å². The number of amides is 2. The van der Waals surface area contributed by atoms with Gasteiger partial charge in [-0.1, -0.05) is 78.3 Å². The second-order valence-electron chi connectivity index (χ2n) is 11.3. The molecule has 3 aromatic rings. The van der Waals surface area contributed by atoms with Crippen LogP contribution in [0.25, 0.3) is 0 Å². The van der Waals surface area contributed by atoms with Crippen molar-refractivity contribution < 1.29 is 18.0 Å². The van der Waals surface area contributed by atoms with E-state index in [4.69, 9.17) is 11.6 Å². The van der Waals surface area contributed by atoms with Gasteiger partial charge in [0.1, 0.15) is 6.04 Å². The Morgan fingerprint density at radius 1 is 0.902 bits per heavy atom. The van der Waals surface area contributed by atoms with Crippen molar-refractivity contribution in [3.8, 4) is 0 Å². The average Bonchev–Trinajstić information content (AvgIpc) is 2.90. The lowest BCUT2D eigenvalue weighted by atomic mass is 10.00. The van der Waals surface area contributed by atoms with Crippen LogP contribution in [0.5, 0.6) is 0 Å². The summed E-state index contributed by atoms with van der Waals surface area (Å²) in [5.41, 5.74) is 2.48. The van der Waals surface area contributed by atoms with Crippen molar-refractivity contribution in [1.29, 1.82) is 0 Å². The highest BCUT2D eigenvalue weighted by molar-refractivity contribution is 7.92. The van der Waals surface area contributed by atoms with Crippen molar-refractivity contribution in [3.63, 3.8) is 0 Å². The van der Waals surface area contributed by atoms with Crippen molar-refractivity contribution in [2.45, 2.75) is 65.1 Å². The number of carbonyl (C=O) groups excluding carboxylic acids is 2. The molecule has 0 saturated carbocycles. The zero-order valence-corrected chi connectivity index (χ0v) is 26.0. The molecule has 3 aromatic carbocycles. The second kappa shape index (κ2) is 14.0. The molecule has 0 heterocycles. The Labute approximate surface area is 249 Å². The molecule has 0 bridgehead atoms. The van der Waals surface area contributed by atoms with E-state index in [9.17, 15) is 18.0 Å². The van der Waals surface area contributed by atoms with Crippen LogP contribution in [0.4, 0.5) is 5.69 Å². The number of rotatable bonds is 12. The Morgan fingerprint density at radius 3 is 2.05 bits per heavy atom. The number of carbonyl (C=O) groups is 2. The fraction of sp³-hybridized carbons (Fsp3) is 0.375. The molecule has 7 nitrogen and oxygen atoms in total. The molecule has 0 aliphatic heterocycles. The minimum Gasteiger partial charge on any atom is -0.350 e. The first-order valence-corrected chi connectivity index (χ1v) is 15.9. The van der Waals surface area contributed by atoms with Gasteiger partial charge in [0.2, 0.25) is 21.8 Å². The van der Waals surface area contributed by atoms with E-state index in [0.717, 1.165) is 17.4 Å². The standard InChI is InChI=1S/C32H40ClN3O4S/c1-24-27(33)18-12-19-28(24)36(41(5,39)40)21-13-20-30(37)35(23-26-16-10-7-11-17-26)29(31(38)34-32(2,3)4)22-25-14-8-6-9-15-25/h6-12,14-19,29H,13,20-23H2,1-5H3,(H,34,38)/t29-/m0/s1. The molecule has 9 heteroatoms. The molecule has 0 unspecified atom stereocenters. The molecular formula is C32H40ClN3O4S. The van der Waals surface area contributed by atoms with Crippen LogP contribution in [0.1, 0.15) is 50.3 Å². The number of hydrogen-bond donors (Lipinski definition) is 1. The van der Waals surface area contributed by atoms with Crippen molar-refractivity contribution in [2.75, 3.05) is 17.1 Å². The van der Waals surface area contributed by atoms with Crippen LogP contribution in [0, 0.1) is 6.92 Å². The summed E-state index contributed by atoms with van der Waals surface area (Å²) < 4.78 is 26.7. The lowest BCUT2D eigenvalue weighted by Gasteiger charge is -2.34. The van der Waals surface area contributed by atoms with Gasteiger partial charge in [-0.3, -0.25) is 13.9 Å². The Morgan fingerprint density at radius 2 is 1.49 bits per heavy atom. The van der Waals surface area contributed by atoms with Crippen molar-refractivity contribution in [3.05, 3.63) is 101 Å². The van der Waals surface area contributed by atoms with Gasteiger partial charge in [0.25, 0.3) is 0 Å². The number of anilines is 1. The van der Waals surface area contributed by atoms with Gasteiger partial charge in [0.15, 0.2) is 0 Å². The Bertz CT molecular complexity index is 1420. The molecule has 0 aliphatic rings. The maximum atomic E-state index is 13.9. The molecule has 0 saturated heterocycles. The molecule has 0 spiro atoms. The Balaban J connectivity index is 1.90. The van der Waals surface area contributed by atoms with Crippen LogP contribution in [0.3, 0.4) is 0 Å². The molecule has 220 valence electrons. The summed E-state index contributed by atoms with van der Waals surface area (Å²) in [5.74, 6) is -0.465. The summed E-state index contributed by atoms with van der Waals surface area (Å²) >= 11 is 6.27. The van der Waals surface area contributed by atoms with E-state index < -0.39 is 21.6 Å². The van der Waals surface area contributed by atoms with Crippen LogP contribution in [-0.4, -0.2) is 49.5 Å². The van der Waals surface area contributed by atoms with E-state index in [-0.39, 0.29) is 37.7 Å². The zero-order chi connectivity index (χ0) is 30.2. The third-order valence-corrected chi connectivity index (χ3v) is 8.21. The smallest absolute Gasteiger partial charge is 0.243 e. The highest BCUT2D eigenvalue weighted by Crippen LogP contribution is 2.28. The lowest BCUT2D eigenvalue weighted by molar-refractivity contribution is -0.142. The minimum absolute atomic E-state index is 0.0621. The first-order valence-electron chi connectivity index (χ1n) is 13.7. The van der Waals surface area contributed by atoms with Gasteiger partial charge in [-0.05, 0) is 62.9 Å². The van der Waals surface area contributed by atoms with Crippen molar-refractivity contribution in [2.24, 2.45) is 0 Å². The van der Waals surface area contributed by atoms with Crippen LogP contribution in [-0.2, 0) is 32.6 Å². The van der Waals surface area contributed by atoms with Gasteiger partial charge in [0, 0.05) is 36.5 Å². The predicted octanol–water partition coefficient (Wildman–Crippen LogP) is 5.75. The van der Waals surface area contributed by atoms with Crippen molar-refractivity contribution in [1.82, 2.24) is 10.2 Å². The highest BCUT2D eigenvalue weighted by atomic mass is 35.5. The van der Waals surface area contributed by atoms with E-state index in [1.807, 2.05) is 81.4 Å². The fourth-order valence-corrected chi connectivity index (χ4v) is 5.82. The molecule has 0 radical (unpaired) electrons. The molecule has 0 aliphatic carbocycles. The van der Waals surface area contributed by atoms with Gasteiger partial charge < -0.3 is 10.2 Å². The third-order valence-electron chi connectivity index (χ3n) is 6.63. The van der Waals surface area contributed by atoms with Gasteiger partial charge >= 0.3 is 0 Å². The summed E-state index contributed by atoms with van der Waals surface area (Å²) in [6, 6.07) is 23.5. The number of hydrogen-bond acceptors (Lipinski definition) is 4. The van der Waals surface area contributed by atoms with Crippen LogP contribution in [0.2, 0.25) is 5.02 Å². The lowest BCUT2D eigenvalue weighted by Crippen LogP contribution is -2.54. The van der Waals surface area contributed by atoms with E-state index in [2.05, 4.69) is 5.32 Å². The third kappa shape index (κ3) is 9.61. The zero-order valence-electron chi connectivity index (χ0n) is 24.4. The van der Waals surface area contributed by atoms with Crippen LogP contribution >= 0.6 is 11.6 Å². The highest BCUT2D eigenvalue weighted by Gasteiger charge is 2.32. The molecule has 41 heavy (non-hydrogen) atoms. The maximum absolute atomic E-state index is 13.9. The average molecular weight is 598 g/mol. The summed E-state index contributed by atoms with van der Waals surface area (Å²) in [6.45, 7) is 7.84. The normalized spacial score (nSPS) is 12.4. The minimum atomic E-state index is -3.63. The molecule has 1 N–H and O–H groups in total. The number of nitrogens with zero attached hydrogens (tertiary/aromatic N) is 2. The summed E-state index contributed by atoms with van der Waals surface area (Å²) in [4.78, 5) is 29.2. The maximum Gasteiger partial charge on any atom is 0.243 e. The largest absolute Gasteiger partial charge is 0.350 e. The van der Waals surface area contributed by atoms with Gasteiger partial charge in [-0.15, -0.1) is 0 Å². The molecule has 0 aromatic heterocycles. The number of sulfonamides is 1. The van der Waals surface area contributed by atoms with E-state index in [1.54, 1.807) is 30.0 Å². The number of nitrogens with one attached hydrogen (secondary N) is 1. The van der Waals surface area contributed by atoms with Crippen LogP contribution in [0.15, 0.2) is 78.9 Å². The molecule has 1 atom stereocenters. The molecular weight excluding hydrogens is 558 g/mol. The Kier molecular flexibility index (Phi) is 11.0. The Hall–Kier alpha value is -3.36. The molecule has 0 fully saturated rings.